The minimum atomic E-state index is -2.55. The van der Waals surface area contributed by atoms with E-state index in [2.05, 4.69) is 30.4 Å². The van der Waals surface area contributed by atoms with Gasteiger partial charge in [0, 0.05) is 24.2 Å². The highest BCUT2D eigenvalue weighted by Crippen LogP contribution is 2.34. The number of nitrogens with two attached hydrogens (primary N) is 1. The molecule has 1 amide bonds. The Labute approximate surface area is 194 Å². The molecule has 0 spiro atoms. The first-order valence-electron chi connectivity index (χ1n) is 11.4. The van der Waals surface area contributed by atoms with Gasteiger partial charge in [-0.3, -0.25) is 14.4 Å². The van der Waals surface area contributed by atoms with Crippen LogP contribution in [0.25, 0.3) is 27.9 Å². The van der Waals surface area contributed by atoms with Gasteiger partial charge in [-0.2, -0.15) is 4.98 Å². The van der Waals surface area contributed by atoms with E-state index in [9.17, 15) is 13.6 Å². The van der Waals surface area contributed by atoms with E-state index in [1.54, 1.807) is 25.1 Å². The van der Waals surface area contributed by atoms with Crippen LogP contribution in [0.15, 0.2) is 29.4 Å². The number of carbonyl (C=O) groups excluding carboxylic acids is 1. The van der Waals surface area contributed by atoms with Gasteiger partial charge in [-0.15, -0.1) is 0 Å². The van der Waals surface area contributed by atoms with Crippen LogP contribution in [0, 0.1) is 6.92 Å². The van der Waals surface area contributed by atoms with Crippen LogP contribution in [0.4, 0.5) is 14.6 Å². The van der Waals surface area contributed by atoms with Crippen LogP contribution in [-0.4, -0.2) is 53.0 Å². The van der Waals surface area contributed by atoms with Gasteiger partial charge >= 0.3 is 0 Å². The molecular formula is C22H25F2N9O. The summed E-state index contributed by atoms with van der Waals surface area (Å²) in [5.41, 5.74) is 8.53. The van der Waals surface area contributed by atoms with Crippen molar-refractivity contribution in [3.63, 3.8) is 0 Å². The van der Waals surface area contributed by atoms with E-state index in [1.165, 1.54) is 16.0 Å². The van der Waals surface area contributed by atoms with Gasteiger partial charge in [-0.05, 0) is 44.9 Å². The quantitative estimate of drug-likeness (QED) is 0.411. The summed E-state index contributed by atoms with van der Waals surface area (Å²) in [6, 6.07) is 4.96. The van der Waals surface area contributed by atoms with E-state index >= 15 is 0 Å². The SMILES string of the molecule is [2H]c1cc(-c2ccc3nc(C)n(CC(F)F)c3n2)c2c(N)nc(=NC3CC(C)(NC(C)=O)C3)[nH]n12. The van der Waals surface area contributed by atoms with E-state index < -0.39 is 13.0 Å². The third-order valence-corrected chi connectivity index (χ3v) is 6.03. The van der Waals surface area contributed by atoms with Gasteiger partial charge in [-0.25, -0.2) is 23.7 Å². The van der Waals surface area contributed by atoms with Crippen molar-refractivity contribution in [2.24, 2.45) is 4.99 Å². The highest BCUT2D eigenvalue weighted by Gasteiger charge is 2.40. The summed E-state index contributed by atoms with van der Waals surface area (Å²) in [4.78, 5) is 29.2. The Bertz CT molecular complexity index is 1530. The van der Waals surface area contributed by atoms with Crippen molar-refractivity contribution in [3.05, 3.63) is 35.8 Å². The van der Waals surface area contributed by atoms with E-state index in [1.807, 2.05) is 6.92 Å². The summed E-state index contributed by atoms with van der Waals surface area (Å²) in [6.07, 6.45) is -1.10. The highest BCUT2D eigenvalue weighted by molar-refractivity contribution is 5.88. The van der Waals surface area contributed by atoms with Crippen molar-refractivity contribution in [1.82, 2.24) is 34.4 Å². The van der Waals surface area contributed by atoms with Crippen LogP contribution < -0.4 is 16.7 Å². The molecule has 12 heteroatoms. The van der Waals surface area contributed by atoms with Crippen LogP contribution in [0.5, 0.6) is 0 Å². The molecule has 0 bridgehead atoms. The number of hydrogen-bond donors (Lipinski definition) is 3. The van der Waals surface area contributed by atoms with Crippen molar-refractivity contribution in [2.45, 2.75) is 58.2 Å². The molecule has 4 N–H and O–H groups in total. The maximum Gasteiger partial charge on any atom is 0.256 e. The zero-order valence-corrected chi connectivity index (χ0v) is 18.9. The molecule has 1 aliphatic rings. The topological polar surface area (TPSA) is 131 Å². The van der Waals surface area contributed by atoms with Crippen molar-refractivity contribution in [2.75, 3.05) is 5.73 Å². The number of H-pyrrole nitrogens is 1. The monoisotopic (exact) mass is 470 g/mol. The second-order valence-electron chi connectivity index (χ2n) is 8.94. The number of nitrogens with zero attached hydrogens (tertiary/aromatic N) is 6. The fourth-order valence-electron chi connectivity index (χ4n) is 4.66. The molecule has 4 aromatic rings. The van der Waals surface area contributed by atoms with Crippen LogP contribution in [0.3, 0.4) is 0 Å². The highest BCUT2D eigenvalue weighted by atomic mass is 19.3. The Morgan fingerprint density at radius 3 is 2.85 bits per heavy atom. The Balaban J connectivity index is 1.54. The number of alkyl halides is 2. The molecule has 10 nitrogen and oxygen atoms in total. The van der Waals surface area contributed by atoms with Crippen LogP contribution in [-0.2, 0) is 11.3 Å². The molecule has 1 fully saturated rings. The lowest BCUT2D eigenvalue weighted by Gasteiger charge is -2.43. The predicted octanol–water partition coefficient (Wildman–Crippen LogP) is 2.19. The lowest BCUT2D eigenvalue weighted by atomic mass is 9.74. The summed E-state index contributed by atoms with van der Waals surface area (Å²) in [6.45, 7) is 4.60. The number of rotatable bonds is 5. The fraction of sp³-hybridized carbons (Fsp3) is 0.409. The smallest absolute Gasteiger partial charge is 0.256 e. The number of hydrogen-bond acceptors (Lipinski definition) is 6. The third-order valence-electron chi connectivity index (χ3n) is 6.03. The lowest BCUT2D eigenvalue weighted by molar-refractivity contribution is -0.121. The van der Waals surface area contributed by atoms with Gasteiger partial charge in [0.2, 0.25) is 11.5 Å². The average molecular weight is 471 g/mol. The molecule has 4 aromatic heterocycles. The number of amides is 1. The van der Waals surface area contributed by atoms with E-state index in [0.717, 1.165) is 0 Å². The number of aromatic nitrogens is 6. The van der Waals surface area contributed by atoms with Gasteiger partial charge in [0.15, 0.2) is 11.5 Å². The number of carbonyl (C=O) groups is 1. The zero-order valence-electron chi connectivity index (χ0n) is 19.9. The van der Waals surface area contributed by atoms with Crippen LogP contribution in [0.1, 0.15) is 33.9 Å². The first-order valence-corrected chi connectivity index (χ1v) is 10.9. The molecule has 34 heavy (non-hydrogen) atoms. The maximum atomic E-state index is 13.1. The number of nitrogens with one attached hydrogen (secondary N) is 2. The van der Waals surface area contributed by atoms with Crippen LogP contribution in [0.2, 0.25) is 0 Å². The predicted molar refractivity (Wildman–Crippen MR) is 122 cm³/mol. The molecule has 1 saturated carbocycles. The molecule has 178 valence electrons. The maximum absolute atomic E-state index is 13.1. The number of fused-ring (bicyclic) bond motifs is 2. The molecule has 0 saturated heterocycles. The Kier molecular flexibility index (Phi) is 4.82. The van der Waals surface area contributed by atoms with Crippen molar-refractivity contribution in [3.8, 4) is 11.3 Å². The minimum Gasteiger partial charge on any atom is -0.382 e. The second kappa shape index (κ2) is 7.89. The van der Waals surface area contributed by atoms with Crippen molar-refractivity contribution < 1.29 is 14.9 Å². The molecule has 0 aliphatic heterocycles. The van der Waals surface area contributed by atoms with Gasteiger partial charge < -0.3 is 15.6 Å². The van der Waals surface area contributed by atoms with Crippen molar-refractivity contribution >= 4 is 28.4 Å². The zero-order chi connectivity index (χ0) is 25.1. The normalized spacial score (nSPS) is 21.3. The largest absolute Gasteiger partial charge is 0.382 e. The van der Waals surface area contributed by atoms with E-state index in [-0.39, 0.29) is 35.1 Å². The standard InChI is InChI=1S/C22H25F2N9O/c1-11-26-16-5-4-15(28-20(16)32(11)10-17(23)24)14-6-7-33-18(14)19(25)29-21(31-33)27-13-8-22(3,9-13)30-12(2)34/h4-7,13,17H,8-10H2,1-3H3,(H,30,34)(H3,25,27,29,31)/i7D. The van der Waals surface area contributed by atoms with Gasteiger partial charge in [0.1, 0.15) is 16.9 Å². The molecule has 0 unspecified atom stereocenters. The number of halogens is 2. The van der Waals surface area contributed by atoms with E-state index in [4.69, 9.17) is 7.10 Å². The summed E-state index contributed by atoms with van der Waals surface area (Å²) in [7, 11) is 0. The van der Waals surface area contributed by atoms with Gasteiger partial charge in [0.05, 0.1) is 19.7 Å². The summed E-state index contributed by atoms with van der Waals surface area (Å²) in [5.74, 6) is 0.512. The first kappa shape index (κ1) is 20.8. The number of imidazole rings is 1. The first-order chi connectivity index (χ1) is 16.5. The molecule has 1 aliphatic carbocycles. The average Bonchev–Trinajstić information content (AvgIpc) is 3.23. The summed E-state index contributed by atoms with van der Waals surface area (Å²) in [5, 5.41) is 5.94. The van der Waals surface area contributed by atoms with E-state index in [0.29, 0.717) is 46.6 Å². The molecule has 0 aromatic carbocycles. The van der Waals surface area contributed by atoms with Gasteiger partial charge in [0.25, 0.3) is 6.43 Å². The lowest BCUT2D eigenvalue weighted by Crippen LogP contribution is -2.56. The molecule has 0 radical (unpaired) electrons. The Hall–Kier alpha value is -3.83. The molecule has 4 heterocycles. The summed E-state index contributed by atoms with van der Waals surface area (Å²) < 4.78 is 37.4. The third kappa shape index (κ3) is 3.88. The van der Waals surface area contributed by atoms with Crippen molar-refractivity contribution in [1.29, 1.82) is 0 Å². The Morgan fingerprint density at radius 1 is 1.38 bits per heavy atom. The molecule has 0 atom stereocenters. The number of pyridine rings is 1. The van der Waals surface area contributed by atoms with Crippen LogP contribution >= 0.6 is 0 Å². The number of aromatic amines is 1. The summed E-state index contributed by atoms with van der Waals surface area (Å²) >= 11 is 0. The second-order valence-corrected chi connectivity index (χ2v) is 8.94. The Morgan fingerprint density at radius 2 is 2.15 bits per heavy atom. The number of anilines is 1. The van der Waals surface area contributed by atoms with Gasteiger partial charge in [-0.1, -0.05) is 0 Å². The number of nitrogen functional groups attached to an aromatic ring is 1. The molecule has 5 rings (SSSR count). The fourth-order valence-corrected chi connectivity index (χ4v) is 4.66. The molecular weight excluding hydrogens is 444 g/mol. The number of aryl methyl sites for hydroxylation is 1. The minimum absolute atomic E-state index is 0.0425.